The number of carbonyl (C=O) groups is 2. The fraction of sp³-hybridized carbons (Fsp3) is 0.308. The summed E-state index contributed by atoms with van der Waals surface area (Å²) in [6.07, 6.45) is 5.41. The summed E-state index contributed by atoms with van der Waals surface area (Å²) < 4.78 is 0. The second-order valence-corrected chi connectivity index (χ2v) is 9.62. The third kappa shape index (κ3) is 8.22. The summed E-state index contributed by atoms with van der Waals surface area (Å²) >= 11 is 8.08. The molecule has 1 aromatic heterocycles. The molecular weight excluding hydrogens is 496 g/mol. The second kappa shape index (κ2) is 13.8. The zero-order chi connectivity index (χ0) is 25.9. The van der Waals surface area contributed by atoms with Gasteiger partial charge < -0.3 is 21.3 Å². The van der Waals surface area contributed by atoms with Crippen LogP contribution < -0.4 is 21.3 Å². The molecule has 0 spiro atoms. The van der Waals surface area contributed by atoms with E-state index < -0.39 is 5.91 Å². The molecular formula is C26H31ClN6O2S. The lowest BCUT2D eigenvalue weighted by Crippen LogP contribution is -2.29. The predicted molar refractivity (Wildman–Crippen MR) is 149 cm³/mol. The second-order valence-electron chi connectivity index (χ2n) is 7.84. The first-order valence-corrected chi connectivity index (χ1v) is 13.2. The van der Waals surface area contributed by atoms with Crippen LogP contribution in [-0.2, 0) is 4.79 Å². The lowest BCUT2D eigenvalue weighted by atomic mass is 10.2. The lowest BCUT2D eigenvalue weighted by molar-refractivity contribution is -0.114. The van der Waals surface area contributed by atoms with Gasteiger partial charge in [0.05, 0.1) is 28.7 Å². The molecule has 190 valence electrons. The van der Waals surface area contributed by atoms with Gasteiger partial charge in [-0.3, -0.25) is 9.59 Å². The van der Waals surface area contributed by atoms with E-state index in [0.717, 1.165) is 18.8 Å². The summed E-state index contributed by atoms with van der Waals surface area (Å²) in [6, 6.07) is 12.9. The summed E-state index contributed by atoms with van der Waals surface area (Å²) in [5.74, 6) is -0.244. The largest absolute Gasteiger partial charge is 0.326 e. The minimum atomic E-state index is -0.427. The molecule has 1 fully saturated rings. The van der Waals surface area contributed by atoms with Gasteiger partial charge in [0, 0.05) is 28.4 Å². The van der Waals surface area contributed by atoms with Crippen LogP contribution in [0.3, 0.4) is 0 Å². The molecule has 0 saturated carbocycles. The van der Waals surface area contributed by atoms with Gasteiger partial charge in [-0.15, -0.1) is 11.8 Å². The monoisotopic (exact) mass is 526 g/mol. The maximum absolute atomic E-state index is 12.6. The van der Waals surface area contributed by atoms with Crippen molar-refractivity contribution in [2.75, 3.05) is 29.0 Å². The van der Waals surface area contributed by atoms with Gasteiger partial charge in [-0.25, -0.2) is 9.97 Å². The highest BCUT2D eigenvalue weighted by Gasteiger charge is 2.15. The van der Waals surface area contributed by atoms with Crippen molar-refractivity contribution >= 4 is 58.2 Å². The van der Waals surface area contributed by atoms with Crippen LogP contribution in [0.4, 0.5) is 23.0 Å². The Balaban J connectivity index is 0.00000176. The molecule has 0 atom stereocenters. The summed E-state index contributed by atoms with van der Waals surface area (Å²) in [5, 5.41) is 12.8. The molecule has 3 aromatic rings. The number of amides is 2. The van der Waals surface area contributed by atoms with Gasteiger partial charge in [0.25, 0.3) is 5.91 Å². The van der Waals surface area contributed by atoms with E-state index in [-0.39, 0.29) is 16.5 Å². The first-order chi connectivity index (χ1) is 17.5. The van der Waals surface area contributed by atoms with Gasteiger partial charge >= 0.3 is 0 Å². The Kier molecular flexibility index (Phi) is 10.5. The average Bonchev–Trinajstić information content (AvgIpc) is 2.89. The first-order valence-electron chi connectivity index (χ1n) is 11.9. The van der Waals surface area contributed by atoms with Crippen molar-refractivity contribution in [3.05, 3.63) is 65.4 Å². The van der Waals surface area contributed by atoms with Crippen molar-refractivity contribution in [2.24, 2.45) is 0 Å². The van der Waals surface area contributed by atoms with Crippen molar-refractivity contribution in [1.29, 1.82) is 0 Å². The zero-order valence-electron chi connectivity index (χ0n) is 20.6. The fourth-order valence-electron chi connectivity index (χ4n) is 3.49. The third-order valence-corrected chi connectivity index (χ3v) is 6.82. The number of rotatable bonds is 7. The van der Waals surface area contributed by atoms with Gasteiger partial charge in [0.1, 0.15) is 0 Å². The van der Waals surface area contributed by atoms with Crippen LogP contribution in [-0.4, -0.2) is 40.1 Å². The fourth-order valence-corrected chi connectivity index (χ4v) is 4.84. The molecule has 10 heteroatoms. The Morgan fingerprint density at radius 1 is 0.944 bits per heavy atom. The van der Waals surface area contributed by atoms with Crippen LogP contribution in [0.15, 0.2) is 59.8 Å². The Hall–Kier alpha value is -3.14. The van der Waals surface area contributed by atoms with Crippen molar-refractivity contribution in [3.8, 4) is 0 Å². The van der Waals surface area contributed by atoms with E-state index in [1.54, 1.807) is 12.1 Å². The number of hydrogen-bond donors (Lipinski definition) is 4. The topological polar surface area (TPSA) is 108 Å². The van der Waals surface area contributed by atoms with Gasteiger partial charge in [0.2, 0.25) is 11.9 Å². The van der Waals surface area contributed by atoms with Crippen molar-refractivity contribution in [2.45, 2.75) is 43.8 Å². The number of halogens is 1. The molecule has 2 aromatic carbocycles. The molecule has 4 rings (SSSR count). The van der Waals surface area contributed by atoms with Gasteiger partial charge in [-0.1, -0.05) is 25.4 Å². The third-order valence-electron chi connectivity index (χ3n) is 5.14. The zero-order valence-corrected chi connectivity index (χ0v) is 22.2. The van der Waals surface area contributed by atoms with Crippen LogP contribution in [0.5, 0.6) is 0 Å². The molecule has 2 heterocycles. The molecule has 0 aliphatic carbocycles. The highest BCUT2D eigenvalue weighted by Crippen LogP contribution is 2.30. The number of hydrogen-bond acceptors (Lipinski definition) is 7. The number of anilines is 4. The summed E-state index contributed by atoms with van der Waals surface area (Å²) in [6.45, 7) is 7.56. The van der Waals surface area contributed by atoms with E-state index in [1.807, 2.05) is 37.7 Å². The van der Waals surface area contributed by atoms with E-state index in [4.69, 9.17) is 11.6 Å². The van der Waals surface area contributed by atoms with Crippen molar-refractivity contribution in [1.82, 2.24) is 15.3 Å². The smallest absolute Gasteiger partial charge is 0.257 e. The maximum Gasteiger partial charge on any atom is 0.257 e. The maximum atomic E-state index is 12.6. The standard InChI is InChI=1S/C24H25ClN6O2S.C2H6/c1-15(32)29-17-4-7-22(25)21(12-17)23(33)30-18-13-27-24(28-14-18)31-16-2-5-19(6-3-16)34-20-8-10-26-11-9-20;1-2/h2-7,12-14,20,26H,8-11H2,1H3,(H,29,32)(H,30,33)(H,27,28,31);1-2H3. The summed E-state index contributed by atoms with van der Waals surface area (Å²) in [5.41, 5.74) is 2.02. The molecule has 8 nitrogen and oxygen atoms in total. The quantitative estimate of drug-likeness (QED) is 0.301. The number of nitrogens with zero attached hydrogens (tertiary/aromatic N) is 2. The first kappa shape index (κ1) is 27.4. The van der Waals surface area contributed by atoms with E-state index >= 15 is 0 Å². The minimum absolute atomic E-state index is 0.234. The predicted octanol–water partition coefficient (Wildman–Crippen LogP) is 5.95. The Bertz CT molecular complexity index is 1150. The molecule has 2 amide bonds. The molecule has 4 N–H and O–H groups in total. The van der Waals surface area contributed by atoms with Gasteiger partial charge in [0.15, 0.2) is 0 Å². The SMILES string of the molecule is CC.CC(=O)Nc1ccc(Cl)c(C(=O)Nc2cnc(Nc3ccc(SC4CCNCC4)cc3)nc2)c1. The van der Waals surface area contributed by atoms with Crippen LogP contribution in [0.25, 0.3) is 0 Å². The van der Waals surface area contributed by atoms with Crippen LogP contribution in [0.1, 0.15) is 44.0 Å². The number of benzene rings is 2. The number of piperidine rings is 1. The molecule has 0 radical (unpaired) electrons. The number of thioether (sulfide) groups is 1. The number of aromatic nitrogens is 2. The normalized spacial score (nSPS) is 13.2. The molecule has 0 bridgehead atoms. The minimum Gasteiger partial charge on any atom is -0.326 e. The molecule has 1 aliphatic rings. The summed E-state index contributed by atoms with van der Waals surface area (Å²) in [7, 11) is 0. The number of carbonyl (C=O) groups excluding carboxylic acids is 2. The Labute approximate surface area is 221 Å². The van der Waals surface area contributed by atoms with Crippen molar-refractivity contribution in [3.63, 3.8) is 0 Å². The van der Waals surface area contributed by atoms with E-state index in [2.05, 4.69) is 43.4 Å². The molecule has 1 saturated heterocycles. The van der Waals surface area contributed by atoms with Gasteiger partial charge in [-0.05, 0) is 68.4 Å². The Morgan fingerprint density at radius 3 is 2.22 bits per heavy atom. The molecule has 1 aliphatic heterocycles. The average molecular weight is 527 g/mol. The van der Waals surface area contributed by atoms with E-state index in [0.29, 0.717) is 22.6 Å². The highest BCUT2D eigenvalue weighted by atomic mass is 35.5. The van der Waals surface area contributed by atoms with Crippen LogP contribution in [0.2, 0.25) is 5.02 Å². The van der Waals surface area contributed by atoms with E-state index in [1.165, 1.54) is 43.1 Å². The highest BCUT2D eigenvalue weighted by molar-refractivity contribution is 8.00. The van der Waals surface area contributed by atoms with E-state index in [9.17, 15) is 9.59 Å². The van der Waals surface area contributed by atoms with Gasteiger partial charge in [-0.2, -0.15) is 0 Å². The molecule has 0 unspecified atom stereocenters. The summed E-state index contributed by atoms with van der Waals surface area (Å²) in [4.78, 5) is 33.7. The molecule has 36 heavy (non-hydrogen) atoms. The number of nitrogens with one attached hydrogen (secondary N) is 4. The van der Waals surface area contributed by atoms with Crippen LogP contribution in [0, 0.1) is 0 Å². The van der Waals surface area contributed by atoms with Crippen molar-refractivity contribution < 1.29 is 9.59 Å². The Morgan fingerprint density at radius 2 is 1.58 bits per heavy atom. The lowest BCUT2D eigenvalue weighted by Gasteiger charge is -2.22. The van der Waals surface area contributed by atoms with Crippen LogP contribution >= 0.6 is 23.4 Å².